The molecule has 2 heterocycles. The van der Waals surface area contributed by atoms with Gasteiger partial charge in [0.05, 0.1) is 23.7 Å². The maximum Gasteiger partial charge on any atom is 0.230 e. The molecule has 24 heavy (non-hydrogen) atoms. The number of amides is 1. The van der Waals surface area contributed by atoms with Crippen LogP contribution >= 0.6 is 23.1 Å². The van der Waals surface area contributed by atoms with Crippen LogP contribution in [0.3, 0.4) is 0 Å². The summed E-state index contributed by atoms with van der Waals surface area (Å²) in [5.41, 5.74) is 1.65. The molecule has 3 aromatic rings. The van der Waals surface area contributed by atoms with Gasteiger partial charge in [-0.25, -0.2) is 9.37 Å². The SMILES string of the molecule is C[C@@H](NC(=O)CSc1ncc(-c2ccc(F)cc2)[nH]1)c1cccs1. The average molecular weight is 361 g/mol. The molecular weight excluding hydrogens is 345 g/mol. The minimum Gasteiger partial charge on any atom is -0.348 e. The third-order valence-corrected chi connectivity index (χ3v) is 5.34. The van der Waals surface area contributed by atoms with Crippen molar-refractivity contribution in [2.45, 2.75) is 18.1 Å². The van der Waals surface area contributed by atoms with Gasteiger partial charge in [-0.05, 0) is 48.2 Å². The molecule has 2 N–H and O–H groups in total. The van der Waals surface area contributed by atoms with Crippen molar-refractivity contribution in [3.8, 4) is 11.3 Å². The van der Waals surface area contributed by atoms with Crippen LogP contribution in [0.4, 0.5) is 4.39 Å². The molecule has 0 aliphatic carbocycles. The second-order valence-corrected chi connectivity index (χ2v) is 7.15. The molecule has 3 rings (SSSR count). The summed E-state index contributed by atoms with van der Waals surface area (Å²) >= 11 is 2.96. The van der Waals surface area contributed by atoms with Gasteiger partial charge in [0.2, 0.25) is 5.91 Å². The van der Waals surface area contributed by atoms with Crippen LogP contribution in [0, 0.1) is 5.82 Å². The molecule has 124 valence electrons. The van der Waals surface area contributed by atoms with Gasteiger partial charge in [-0.2, -0.15) is 0 Å². The van der Waals surface area contributed by atoms with E-state index in [-0.39, 0.29) is 23.5 Å². The van der Waals surface area contributed by atoms with E-state index < -0.39 is 0 Å². The Kier molecular flexibility index (Phi) is 5.32. The van der Waals surface area contributed by atoms with E-state index >= 15 is 0 Å². The number of nitrogens with one attached hydrogen (secondary N) is 2. The van der Waals surface area contributed by atoms with Gasteiger partial charge in [0.15, 0.2) is 5.16 Å². The van der Waals surface area contributed by atoms with Crippen molar-refractivity contribution in [2.75, 3.05) is 5.75 Å². The molecule has 0 fully saturated rings. The highest BCUT2D eigenvalue weighted by atomic mass is 32.2. The van der Waals surface area contributed by atoms with Gasteiger partial charge in [-0.15, -0.1) is 11.3 Å². The molecule has 0 unspecified atom stereocenters. The van der Waals surface area contributed by atoms with E-state index in [0.717, 1.165) is 16.1 Å². The molecule has 1 amide bonds. The summed E-state index contributed by atoms with van der Waals surface area (Å²) in [4.78, 5) is 20.5. The molecule has 0 bridgehead atoms. The van der Waals surface area contributed by atoms with E-state index in [2.05, 4.69) is 15.3 Å². The topological polar surface area (TPSA) is 57.8 Å². The molecular formula is C17H16FN3OS2. The number of benzene rings is 1. The Balaban J connectivity index is 1.53. The maximum atomic E-state index is 12.9. The standard InChI is InChI=1S/C17H16FN3OS2/c1-11(15-3-2-8-23-15)20-16(22)10-24-17-19-9-14(21-17)12-4-6-13(18)7-5-12/h2-9,11H,10H2,1H3,(H,19,21)(H,20,22)/t11-/m1/s1. The van der Waals surface area contributed by atoms with Crippen molar-refractivity contribution in [3.63, 3.8) is 0 Å². The van der Waals surface area contributed by atoms with E-state index in [1.165, 1.54) is 23.9 Å². The summed E-state index contributed by atoms with van der Waals surface area (Å²) in [7, 11) is 0. The number of aromatic nitrogens is 2. The Morgan fingerprint density at radius 1 is 1.38 bits per heavy atom. The number of carbonyl (C=O) groups is 1. The number of aromatic amines is 1. The number of rotatable bonds is 6. The second kappa shape index (κ2) is 7.63. The predicted octanol–water partition coefficient (Wildman–Crippen LogP) is 4.25. The fourth-order valence-electron chi connectivity index (χ4n) is 2.18. The van der Waals surface area contributed by atoms with Crippen molar-refractivity contribution in [3.05, 3.63) is 58.7 Å². The molecule has 4 nitrogen and oxygen atoms in total. The van der Waals surface area contributed by atoms with Gasteiger partial charge in [-0.3, -0.25) is 4.79 Å². The van der Waals surface area contributed by atoms with E-state index in [9.17, 15) is 9.18 Å². The number of nitrogens with zero attached hydrogens (tertiary/aromatic N) is 1. The van der Waals surface area contributed by atoms with Gasteiger partial charge in [0, 0.05) is 4.88 Å². The van der Waals surface area contributed by atoms with Crippen molar-refractivity contribution >= 4 is 29.0 Å². The summed E-state index contributed by atoms with van der Waals surface area (Å²) in [5, 5.41) is 5.62. The number of hydrogen-bond acceptors (Lipinski definition) is 4. The van der Waals surface area contributed by atoms with Gasteiger partial charge >= 0.3 is 0 Å². The number of imidazole rings is 1. The number of carbonyl (C=O) groups excluding carboxylic acids is 1. The lowest BCUT2D eigenvalue weighted by Crippen LogP contribution is -2.27. The van der Waals surface area contributed by atoms with Crippen molar-refractivity contribution < 1.29 is 9.18 Å². The quantitative estimate of drug-likeness (QED) is 0.646. The van der Waals surface area contributed by atoms with Gasteiger partial charge in [0.1, 0.15) is 5.82 Å². The van der Waals surface area contributed by atoms with Crippen LogP contribution in [-0.4, -0.2) is 21.6 Å². The van der Waals surface area contributed by atoms with E-state index in [4.69, 9.17) is 0 Å². The lowest BCUT2D eigenvalue weighted by molar-refractivity contribution is -0.119. The minimum atomic E-state index is -0.274. The molecule has 7 heteroatoms. The first-order chi connectivity index (χ1) is 11.6. The summed E-state index contributed by atoms with van der Waals surface area (Å²) in [6, 6.07) is 10.2. The minimum absolute atomic E-state index is 0.00415. The van der Waals surface area contributed by atoms with E-state index in [1.807, 2.05) is 24.4 Å². The number of halogens is 1. The molecule has 0 aliphatic rings. The Hall–Kier alpha value is -2.12. The first-order valence-electron chi connectivity index (χ1n) is 7.38. The molecule has 0 aliphatic heterocycles. The van der Waals surface area contributed by atoms with E-state index in [0.29, 0.717) is 5.16 Å². The summed E-state index contributed by atoms with van der Waals surface area (Å²) in [6.45, 7) is 1.97. The Morgan fingerprint density at radius 3 is 2.88 bits per heavy atom. The van der Waals surface area contributed by atoms with Crippen molar-refractivity contribution in [1.29, 1.82) is 0 Å². The highest BCUT2D eigenvalue weighted by molar-refractivity contribution is 7.99. The fraction of sp³-hybridized carbons (Fsp3) is 0.176. The lowest BCUT2D eigenvalue weighted by atomic mass is 10.2. The van der Waals surface area contributed by atoms with Crippen LogP contribution in [0.1, 0.15) is 17.8 Å². The third-order valence-electron chi connectivity index (χ3n) is 3.40. The van der Waals surface area contributed by atoms with Crippen LogP contribution in [-0.2, 0) is 4.79 Å². The summed E-state index contributed by atoms with van der Waals surface area (Å²) < 4.78 is 12.9. The van der Waals surface area contributed by atoms with Gasteiger partial charge in [0.25, 0.3) is 0 Å². The lowest BCUT2D eigenvalue weighted by Gasteiger charge is -2.11. The molecule has 0 spiro atoms. The van der Waals surface area contributed by atoms with Crippen LogP contribution in [0.5, 0.6) is 0 Å². The van der Waals surface area contributed by atoms with Crippen LogP contribution < -0.4 is 5.32 Å². The van der Waals surface area contributed by atoms with Crippen LogP contribution in [0.15, 0.2) is 53.1 Å². The highest BCUT2D eigenvalue weighted by Gasteiger charge is 2.12. The monoisotopic (exact) mass is 361 g/mol. The zero-order chi connectivity index (χ0) is 16.9. The smallest absolute Gasteiger partial charge is 0.230 e. The zero-order valence-electron chi connectivity index (χ0n) is 13.0. The Morgan fingerprint density at radius 2 is 2.17 bits per heavy atom. The Bertz CT molecular complexity index is 800. The molecule has 2 aromatic heterocycles. The molecule has 0 radical (unpaired) electrons. The van der Waals surface area contributed by atoms with Gasteiger partial charge in [-0.1, -0.05) is 17.8 Å². The fourth-order valence-corrected chi connectivity index (χ4v) is 3.57. The highest BCUT2D eigenvalue weighted by Crippen LogP contribution is 2.22. The number of hydrogen-bond donors (Lipinski definition) is 2. The Labute approximate surface area is 147 Å². The van der Waals surface area contributed by atoms with Gasteiger partial charge < -0.3 is 10.3 Å². The number of H-pyrrole nitrogens is 1. The average Bonchev–Trinajstić information content (AvgIpc) is 3.25. The summed E-state index contributed by atoms with van der Waals surface area (Å²) in [6.07, 6.45) is 1.68. The third kappa shape index (κ3) is 4.24. The second-order valence-electron chi connectivity index (χ2n) is 5.20. The summed E-state index contributed by atoms with van der Waals surface area (Å²) in [5.74, 6) is -0.0310. The molecule has 0 saturated heterocycles. The van der Waals surface area contributed by atoms with Crippen molar-refractivity contribution in [1.82, 2.24) is 15.3 Å². The number of thioether (sulfide) groups is 1. The molecule has 1 aromatic carbocycles. The molecule has 1 atom stereocenters. The molecule has 0 saturated carbocycles. The maximum absolute atomic E-state index is 12.9. The normalized spacial score (nSPS) is 12.1. The van der Waals surface area contributed by atoms with E-state index in [1.54, 1.807) is 29.7 Å². The number of thiophene rings is 1. The van der Waals surface area contributed by atoms with Crippen LogP contribution in [0.2, 0.25) is 0 Å². The first kappa shape index (κ1) is 16.7. The first-order valence-corrected chi connectivity index (χ1v) is 9.25. The zero-order valence-corrected chi connectivity index (χ0v) is 14.6. The van der Waals surface area contributed by atoms with Crippen molar-refractivity contribution in [2.24, 2.45) is 0 Å². The van der Waals surface area contributed by atoms with Crippen LogP contribution in [0.25, 0.3) is 11.3 Å². The largest absolute Gasteiger partial charge is 0.348 e. The predicted molar refractivity (Wildman–Crippen MR) is 95.6 cm³/mol.